The summed E-state index contributed by atoms with van der Waals surface area (Å²) in [4.78, 5) is 22.2. The third-order valence-corrected chi connectivity index (χ3v) is 2.29. The zero-order valence-corrected chi connectivity index (χ0v) is 10.7. The molecule has 5 nitrogen and oxygen atoms in total. The highest BCUT2D eigenvalue weighted by Gasteiger charge is 2.05. The van der Waals surface area contributed by atoms with E-state index in [1.165, 1.54) is 6.92 Å². The van der Waals surface area contributed by atoms with Gasteiger partial charge in [-0.2, -0.15) is 0 Å². The van der Waals surface area contributed by atoms with Crippen LogP contribution in [0.15, 0.2) is 24.3 Å². The van der Waals surface area contributed by atoms with Crippen molar-refractivity contribution in [3.05, 3.63) is 29.8 Å². The Morgan fingerprint density at radius 2 is 1.89 bits per heavy atom. The van der Waals surface area contributed by atoms with Gasteiger partial charge < -0.3 is 16.4 Å². The fourth-order valence-corrected chi connectivity index (χ4v) is 1.44. The van der Waals surface area contributed by atoms with Crippen LogP contribution in [0.5, 0.6) is 0 Å². The van der Waals surface area contributed by atoms with Gasteiger partial charge in [0.1, 0.15) is 0 Å². The molecule has 2 amide bonds. The second-order valence-corrected chi connectivity index (χ2v) is 4.34. The van der Waals surface area contributed by atoms with Crippen molar-refractivity contribution in [1.82, 2.24) is 5.32 Å². The number of hydrogen-bond acceptors (Lipinski definition) is 3. The van der Waals surface area contributed by atoms with Crippen molar-refractivity contribution in [2.24, 2.45) is 5.73 Å². The molecule has 0 aromatic heterocycles. The number of rotatable bonds is 5. The number of carbonyl (C=O) groups excluding carboxylic acids is 2. The first-order chi connectivity index (χ1) is 8.47. The largest absolute Gasteiger partial charge is 0.352 e. The predicted octanol–water partition coefficient (Wildman–Crippen LogP) is 0.998. The van der Waals surface area contributed by atoms with Crippen LogP contribution in [0.4, 0.5) is 5.69 Å². The molecule has 0 aliphatic rings. The summed E-state index contributed by atoms with van der Waals surface area (Å²) >= 11 is 0. The average Bonchev–Trinajstić information content (AvgIpc) is 2.26. The van der Waals surface area contributed by atoms with Crippen LogP contribution in [0.3, 0.4) is 0 Å². The van der Waals surface area contributed by atoms with Gasteiger partial charge in [-0.25, -0.2) is 0 Å². The summed E-state index contributed by atoms with van der Waals surface area (Å²) in [5.74, 6) is -0.163. The van der Waals surface area contributed by atoms with Crippen LogP contribution in [-0.2, 0) is 16.1 Å². The molecule has 0 aliphatic carbocycles. The van der Waals surface area contributed by atoms with E-state index in [1.807, 2.05) is 12.1 Å². The lowest BCUT2D eigenvalue weighted by Crippen LogP contribution is -2.24. The Morgan fingerprint density at radius 1 is 1.28 bits per heavy atom. The minimum absolute atomic E-state index is 0.0655. The highest BCUT2D eigenvalue weighted by Crippen LogP contribution is 2.10. The van der Waals surface area contributed by atoms with Crippen LogP contribution in [0, 0.1) is 0 Å². The lowest BCUT2D eigenvalue weighted by atomic mass is 10.2. The highest BCUT2D eigenvalue weighted by atomic mass is 16.2. The molecule has 0 heterocycles. The van der Waals surface area contributed by atoms with Crippen LogP contribution in [-0.4, -0.2) is 17.9 Å². The maximum Gasteiger partial charge on any atom is 0.225 e. The van der Waals surface area contributed by atoms with Crippen LogP contribution >= 0.6 is 0 Å². The van der Waals surface area contributed by atoms with E-state index in [-0.39, 0.29) is 17.9 Å². The van der Waals surface area contributed by atoms with E-state index < -0.39 is 0 Å². The summed E-state index contributed by atoms with van der Waals surface area (Å²) < 4.78 is 0. The number of carbonyl (C=O) groups is 2. The molecule has 5 heteroatoms. The summed E-state index contributed by atoms with van der Waals surface area (Å²) in [6.45, 7) is 3.75. The van der Waals surface area contributed by atoms with E-state index in [0.717, 1.165) is 11.3 Å². The van der Waals surface area contributed by atoms with E-state index in [2.05, 4.69) is 10.6 Å². The van der Waals surface area contributed by atoms with Crippen molar-refractivity contribution in [2.75, 3.05) is 5.32 Å². The Kier molecular flexibility index (Phi) is 5.32. The average molecular weight is 249 g/mol. The molecule has 0 aliphatic heterocycles. The van der Waals surface area contributed by atoms with Crippen molar-refractivity contribution in [2.45, 2.75) is 32.9 Å². The van der Waals surface area contributed by atoms with Crippen LogP contribution in [0.1, 0.15) is 25.8 Å². The summed E-state index contributed by atoms with van der Waals surface area (Å²) in [6, 6.07) is 7.17. The minimum Gasteiger partial charge on any atom is -0.352 e. The van der Waals surface area contributed by atoms with Crippen molar-refractivity contribution in [3.8, 4) is 0 Å². The predicted molar refractivity (Wildman–Crippen MR) is 70.9 cm³/mol. The number of nitrogens with two attached hydrogens (primary N) is 1. The Hall–Kier alpha value is -1.88. The van der Waals surface area contributed by atoms with Gasteiger partial charge in [-0.1, -0.05) is 12.1 Å². The number of benzene rings is 1. The Labute approximate surface area is 107 Å². The number of anilines is 1. The number of amides is 2. The van der Waals surface area contributed by atoms with Gasteiger partial charge in [-0.15, -0.1) is 0 Å². The summed E-state index contributed by atoms with van der Waals surface area (Å²) in [5, 5.41) is 5.46. The monoisotopic (exact) mass is 249 g/mol. The minimum atomic E-state index is -0.149. The van der Waals surface area contributed by atoms with Gasteiger partial charge in [0.15, 0.2) is 0 Å². The van der Waals surface area contributed by atoms with Crippen molar-refractivity contribution < 1.29 is 9.59 Å². The quantitative estimate of drug-likeness (QED) is 0.727. The Morgan fingerprint density at radius 3 is 2.39 bits per heavy atom. The summed E-state index contributed by atoms with van der Waals surface area (Å²) in [5.41, 5.74) is 7.25. The standard InChI is InChI=1S/C13H19N3O2/c1-9(14)7-13(18)16-12-5-3-11(4-6-12)8-15-10(2)17/h3-6,9H,7-8,14H2,1-2H3,(H,15,17)(H,16,18). The maximum absolute atomic E-state index is 11.5. The number of hydrogen-bond donors (Lipinski definition) is 3. The molecule has 98 valence electrons. The molecule has 0 spiro atoms. The molecule has 1 rings (SSSR count). The normalized spacial score (nSPS) is 11.7. The third-order valence-electron chi connectivity index (χ3n) is 2.29. The Bertz CT molecular complexity index is 413. The van der Waals surface area contributed by atoms with Crippen molar-refractivity contribution in [3.63, 3.8) is 0 Å². The molecule has 4 N–H and O–H groups in total. The molecule has 1 aromatic rings. The van der Waals surface area contributed by atoms with E-state index in [4.69, 9.17) is 5.73 Å². The van der Waals surface area contributed by atoms with E-state index in [0.29, 0.717) is 13.0 Å². The van der Waals surface area contributed by atoms with E-state index >= 15 is 0 Å². The Balaban J connectivity index is 2.49. The fraction of sp³-hybridized carbons (Fsp3) is 0.385. The zero-order chi connectivity index (χ0) is 13.5. The maximum atomic E-state index is 11.5. The second-order valence-electron chi connectivity index (χ2n) is 4.34. The first-order valence-corrected chi connectivity index (χ1v) is 5.86. The van der Waals surface area contributed by atoms with Gasteiger partial charge in [0.05, 0.1) is 0 Å². The third kappa shape index (κ3) is 5.45. The number of nitrogens with one attached hydrogen (secondary N) is 2. The van der Waals surface area contributed by atoms with Gasteiger partial charge in [-0.3, -0.25) is 9.59 Å². The molecule has 1 unspecified atom stereocenters. The molecule has 0 saturated carbocycles. The highest BCUT2D eigenvalue weighted by molar-refractivity contribution is 5.91. The molecule has 1 aromatic carbocycles. The van der Waals surface area contributed by atoms with Gasteiger partial charge in [0.2, 0.25) is 11.8 Å². The van der Waals surface area contributed by atoms with Gasteiger partial charge in [0, 0.05) is 31.6 Å². The van der Waals surface area contributed by atoms with Crippen molar-refractivity contribution >= 4 is 17.5 Å². The van der Waals surface area contributed by atoms with Crippen LogP contribution < -0.4 is 16.4 Å². The first-order valence-electron chi connectivity index (χ1n) is 5.86. The molecule has 1 atom stereocenters. The van der Waals surface area contributed by atoms with Crippen molar-refractivity contribution in [1.29, 1.82) is 0 Å². The molecule has 18 heavy (non-hydrogen) atoms. The van der Waals surface area contributed by atoms with E-state index in [1.54, 1.807) is 19.1 Å². The van der Waals surface area contributed by atoms with Crippen LogP contribution in [0.25, 0.3) is 0 Å². The fourth-order valence-electron chi connectivity index (χ4n) is 1.44. The van der Waals surface area contributed by atoms with Gasteiger partial charge in [0.25, 0.3) is 0 Å². The smallest absolute Gasteiger partial charge is 0.225 e. The topological polar surface area (TPSA) is 84.2 Å². The lowest BCUT2D eigenvalue weighted by molar-refractivity contribution is -0.119. The second kappa shape index (κ2) is 6.76. The summed E-state index contributed by atoms with van der Waals surface area (Å²) in [6.07, 6.45) is 0.299. The SMILES string of the molecule is CC(=O)NCc1ccc(NC(=O)CC(C)N)cc1. The van der Waals surface area contributed by atoms with Gasteiger partial charge in [-0.05, 0) is 24.6 Å². The zero-order valence-electron chi connectivity index (χ0n) is 10.7. The van der Waals surface area contributed by atoms with Crippen LogP contribution in [0.2, 0.25) is 0 Å². The molecule has 0 fully saturated rings. The summed E-state index contributed by atoms with van der Waals surface area (Å²) in [7, 11) is 0. The lowest BCUT2D eigenvalue weighted by Gasteiger charge is -2.08. The first kappa shape index (κ1) is 14.2. The van der Waals surface area contributed by atoms with E-state index in [9.17, 15) is 9.59 Å². The van der Waals surface area contributed by atoms with Gasteiger partial charge >= 0.3 is 0 Å². The molecule has 0 saturated heterocycles. The molecular weight excluding hydrogens is 230 g/mol. The molecule has 0 bridgehead atoms. The molecule has 0 radical (unpaired) electrons. The molecular formula is C13H19N3O2.